The standard InChI is InChI=1S/C8H16OS/c1-7(2)8(3)9-5-6-10-4/h5-6H2,1-4H3. The summed E-state index contributed by atoms with van der Waals surface area (Å²) >= 11 is 1.81. The lowest BCUT2D eigenvalue weighted by Crippen LogP contribution is -1.95. The number of thioether (sulfide) groups is 1. The predicted molar refractivity (Wildman–Crippen MR) is 48.4 cm³/mol. The maximum Gasteiger partial charge on any atom is 0.0967 e. The van der Waals surface area contributed by atoms with Gasteiger partial charge in [0.25, 0.3) is 0 Å². The van der Waals surface area contributed by atoms with Crippen LogP contribution in [0.5, 0.6) is 0 Å². The van der Waals surface area contributed by atoms with E-state index < -0.39 is 0 Å². The van der Waals surface area contributed by atoms with E-state index in [4.69, 9.17) is 4.74 Å². The van der Waals surface area contributed by atoms with E-state index in [0.29, 0.717) is 0 Å². The van der Waals surface area contributed by atoms with Crippen LogP contribution in [0.25, 0.3) is 0 Å². The van der Waals surface area contributed by atoms with E-state index in [-0.39, 0.29) is 0 Å². The van der Waals surface area contributed by atoms with Gasteiger partial charge < -0.3 is 4.74 Å². The second kappa shape index (κ2) is 5.66. The fraction of sp³-hybridized carbons (Fsp3) is 0.750. The van der Waals surface area contributed by atoms with Crippen molar-refractivity contribution in [2.24, 2.45) is 0 Å². The Labute approximate surface area is 67.8 Å². The first-order valence-corrected chi connectivity index (χ1v) is 4.83. The van der Waals surface area contributed by atoms with Crippen molar-refractivity contribution >= 4 is 11.8 Å². The molecule has 0 aliphatic heterocycles. The van der Waals surface area contributed by atoms with Gasteiger partial charge in [0.1, 0.15) is 0 Å². The first-order valence-electron chi connectivity index (χ1n) is 3.44. The molecule has 0 rings (SSSR count). The maximum absolute atomic E-state index is 5.40. The van der Waals surface area contributed by atoms with Crippen molar-refractivity contribution in [2.75, 3.05) is 18.6 Å². The van der Waals surface area contributed by atoms with Crippen molar-refractivity contribution < 1.29 is 4.74 Å². The van der Waals surface area contributed by atoms with Gasteiger partial charge in [-0.05, 0) is 32.6 Å². The Morgan fingerprint density at radius 1 is 1.30 bits per heavy atom. The van der Waals surface area contributed by atoms with Crippen molar-refractivity contribution in [3.8, 4) is 0 Å². The molecule has 0 heterocycles. The molecule has 0 spiro atoms. The number of rotatable bonds is 4. The van der Waals surface area contributed by atoms with E-state index in [9.17, 15) is 0 Å². The molecule has 0 aliphatic rings. The normalized spacial score (nSPS) is 9.20. The Kier molecular flexibility index (Phi) is 5.60. The van der Waals surface area contributed by atoms with Crippen LogP contribution in [0.4, 0.5) is 0 Å². The van der Waals surface area contributed by atoms with Gasteiger partial charge in [0.15, 0.2) is 0 Å². The van der Waals surface area contributed by atoms with E-state index in [0.717, 1.165) is 18.1 Å². The molecule has 0 aromatic rings. The van der Waals surface area contributed by atoms with E-state index in [1.165, 1.54) is 5.57 Å². The van der Waals surface area contributed by atoms with Gasteiger partial charge in [-0.1, -0.05) is 0 Å². The van der Waals surface area contributed by atoms with Crippen LogP contribution in [0, 0.1) is 0 Å². The topological polar surface area (TPSA) is 9.23 Å². The van der Waals surface area contributed by atoms with Crippen molar-refractivity contribution in [1.82, 2.24) is 0 Å². The van der Waals surface area contributed by atoms with Gasteiger partial charge in [0.2, 0.25) is 0 Å². The lowest BCUT2D eigenvalue weighted by Gasteiger charge is -2.05. The van der Waals surface area contributed by atoms with Crippen molar-refractivity contribution in [1.29, 1.82) is 0 Å². The number of allylic oxidation sites excluding steroid dienone is 2. The molecular weight excluding hydrogens is 144 g/mol. The van der Waals surface area contributed by atoms with E-state index in [1.54, 1.807) is 0 Å². The van der Waals surface area contributed by atoms with Crippen LogP contribution in [-0.2, 0) is 4.74 Å². The van der Waals surface area contributed by atoms with Gasteiger partial charge in [0, 0.05) is 5.75 Å². The van der Waals surface area contributed by atoms with Gasteiger partial charge in [0.05, 0.1) is 12.4 Å². The second-order valence-electron chi connectivity index (χ2n) is 2.40. The monoisotopic (exact) mass is 160 g/mol. The summed E-state index contributed by atoms with van der Waals surface area (Å²) in [6, 6.07) is 0. The van der Waals surface area contributed by atoms with Crippen molar-refractivity contribution in [3.05, 3.63) is 11.3 Å². The quantitative estimate of drug-likeness (QED) is 0.462. The van der Waals surface area contributed by atoms with Gasteiger partial charge >= 0.3 is 0 Å². The third-order valence-corrected chi connectivity index (χ3v) is 1.89. The predicted octanol–water partition coefficient (Wildman–Crippen LogP) is 2.68. The third-order valence-electron chi connectivity index (χ3n) is 1.31. The van der Waals surface area contributed by atoms with Crippen LogP contribution < -0.4 is 0 Å². The molecule has 0 atom stereocenters. The van der Waals surface area contributed by atoms with Crippen molar-refractivity contribution in [3.63, 3.8) is 0 Å². The first kappa shape index (κ1) is 9.89. The van der Waals surface area contributed by atoms with Gasteiger partial charge in [-0.2, -0.15) is 11.8 Å². The summed E-state index contributed by atoms with van der Waals surface area (Å²) in [6.45, 7) is 6.97. The van der Waals surface area contributed by atoms with Crippen molar-refractivity contribution in [2.45, 2.75) is 20.8 Å². The summed E-state index contributed by atoms with van der Waals surface area (Å²) in [5.74, 6) is 2.14. The maximum atomic E-state index is 5.40. The van der Waals surface area contributed by atoms with Gasteiger partial charge in [-0.25, -0.2) is 0 Å². The molecule has 0 fully saturated rings. The second-order valence-corrected chi connectivity index (χ2v) is 3.38. The minimum atomic E-state index is 0.832. The average Bonchev–Trinajstić information content (AvgIpc) is 1.88. The summed E-state index contributed by atoms with van der Waals surface area (Å²) in [7, 11) is 0. The molecule has 0 unspecified atom stereocenters. The van der Waals surface area contributed by atoms with Crippen LogP contribution in [0.3, 0.4) is 0 Å². The zero-order chi connectivity index (χ0) is 7.98. The summed E-state index contributed by atoms with van der Waals surface area (Å²) in [4.78, 5) is 0. The molecule has 60 valence electrons. The summed E-state index contributed by atoms with van der Waals surface area (Å²) < 4.78 is 5.40. The van der Waals surface area contributed by atoms with Gasteiger partial charge in [-0.3, -0.25) is 0 Å². The SMILES string of the molecule is CSCCOC(C)=C(C)C. The average molecular weight is 160 g/mol. The molecule has 0 amide bonds. The molecule has 0 radical (unpaired) electrons. The highest BCUT2D eigenvalue weighted by atomic mass is 32.2. The highest BCUT2D eigenvalue weighted by Gasteiger charge is 1.90. The molecule has 0 aromatic heterocycles. The number of hydrogen-bond acceptors (Lipinski definition) is 2. The first-order chi connectivity index (χ1) is 4.68. The Hall–Kier alpha value is -0.110. The molecular formula is C8H16OS. The van der Waals surface area contributed by atoms with Crippen LogP contribution >= 0.6 is 11.8 Å². The minimum Gasteiger partial charge on any atom is -0.497 e. The molecule has 2 heteroatoms. The van der Waals surface area contributed by atoms with Crippen LogP contribution in [0.15, 0.2) is 11.3 Å². The molecule has 1 nitrogen and oxygen atoms in total. The minimum absolute atomic E-state index is 0.832. The summed E-state index contributed by atoms with van der Waals surface area (Å²) in [6.07, 6.45) is 2.08. The summed E-state index contributed by atoms with van der Waals surface area (Å²) in [5.41, 5.74) is 1.26. The molecule has 10 heavy (non-hydrogen) atoms. The molecule has 0 bridgehead atoms. The highest BCUT2D eigenvalue weighted by molar-refractivity contribution is 7.98. The summed E-state index contributed by atoms with van der Waals surface area (Å²) in [5, 5.41) is 0. The number of ether oxygens (including phenoxy) is 1. The van der Waals surface area contributed by atoms with Crippen LogP contribution in [-0.4, -0.2) is 18.6 Å². The fourth-order valence-electron chi connectivity index (χ4n) is 0.422. The molecule has 0 aliphatic carbocycles. The van der Waals surface area contributed by atoms with Crippen LogP contribution in [0.2, 0.25) is 0 Å². The molecule has 0 N–H and O–H groups in total. The zero-order valence-electron chi connectivity index (χ0n) is 7.23. The Bertz CT molecular complexity index is 114. The smallest absolute Gasteiger partial charge is 0.0967 e. The fourth-order valence-corrected chi connectivity index (χ4v) is 0.672. The largest absolute Gasteiger partial charge is 0.497 e. The van der Waals surface area contributed by atoms with E-state index in [1.807, 2.05) is 18.7 Å². The van der Waals surface area contributed by atoms with E-state index in [2.05, 4.69) is 20.1 Å². The molecule has 0 saturated carbocycles. The zero-order valence-corrected chi connectivity index (χ0v) is 8.05. The molecule has 0 aromatic carbocycles. The number of hydrogen-bond donors (Lipinski definition) is 0. The van der Waals surface area contributed by atoms with Gasteiger partial charge in [-0.15, -0.1) is 0 Å². The lowest BCUT2D eigenvalue weighted by atomic mass is 10.3. The lowest BCUT2D eigenvalue weighted by molar-refractivity contribution is 0.231. The third kappa shape index (κ3) is 4.74. The Morgan fingerprint density at radius 2 is 1.90 bits per heavy atom. The van der Waals surface area contributed by atoms with E-state index >= 15 is 0 Å². The highest BCUT2D eigenvalue weighted by Crippen LogP contribution is 2.04. The van der Waals surface area contributed by atoms with Crippen LogP contribution in [0.1, 0.15) is 20.8 Å². The molecule has 0 saturated heterocycles. The Morgan fingerprint density at radius 3 is 2.30 bits per heavy atom. The Balaban J connectivity index is 3.40.